The zero-order valence-electron chi connectivity index (χ0n) is 9.03. The SMILES string of the molecule is CCN(Cc1cccs1)C(=O)CNC.Cl. The summed E-state index contributed by atoms with van der Waals surface area (Å²) in [6, 6.07) is 4.07. The third-order valence-corrected chi connectivity index (χ3v) is 2.85. The second kappa shape index (κ2) is 7.68. The molecule has 1 aromatic rings. The highest BCUT2D eigenvalue weighted by molar-refractivity contribution is 7.09. The minimum atomic E-state index is 0. The molecule has 0 saturated carbocycles. The van der Waals surface area contributed by atoms with E-state index in [2.05, 4.69) is 11.4 Å². The van der Waals surface area contributed by atoms with Gasteiger partial charge >= 0.3 is 0 Å². The number of rotatable bonds is 5. The Morgan fingerprint density at radius 1 is 1.60 bits per heavy atom. The summed E-state index contributed by atoms with van der Waals surface area (Å²) < 4.78 is 0. The molecule has 1 N–H and O–H groups in total. The van der Waals surface area contributed by atoms with Crippen LogP contribution in [0.1, 0.15) is 11.8 Å². The fraction of sp³-hybridized carbons (Fsp3) is 0.500. The van der Waals surface area contributed by atoms with E-state index in [0.29, 0.717) is 6.54 Å². The number of hydrogen-bond acceptors (Lipinski definition) is 3. The number of likely N-dealkylation sites (N-methyl/N-ethyl adjacent to an activating group) is 2. The van der Waals surface area contributed by atoms with E-state index in [1.165, 1.54) is 4.88 Å². The van der Waals surface area contributed by atoms with Gasteiger partial charge < -0.3 is 10.2 Å². The molecular formula is C10H17ClN2OS. The maximum Gasteiger partial charge on any atom is 0.236 e. The molecule has 3 nitrogen and oxygen atoms in total. The van der Waals surface area contributed by atoms with Crippen LogP contribution in [0.5, 0.6) is 0 Å². The van der Waals surface area contributed by atoms with Gasteiger partial charge in [0, 0.05) is 11.4 Å². The molecule has 0 radical (unpaired) electrons. The fourth-order valence-corrected chi connectivity index (χ4v) is 1.95. The predicted octanol–water partition coefficient (Wildman–Crippen LogP) is 1.74. The van der Waals surface area contributed by atoms with Gasteiger partial charge in [0.05, 0.1) is 13.1 Å². The van der Waals surface area contributed by atoms with Crippen LogP contribution in [0.4, 0.5) is 0 Å². The average Bonchev–Trinajstić information content (AvgIpc) is 2.66. The highest BCUT2D eigenvalue weighted by atomic mass is 35.5. The summed E-state index contributed by atoms with van der Waals surface area (Å²) in [6.45, 7) is 3.91. The molecule has 1 amide bonds. The van der Waals surface area contributed by atoms with Crippen LogP contribution in [-0.2, 0) is 11.3 Å². The molecule has 0 aliphatic carbocycles. The molecule has 0 saturated heterocycles. The Morgan fingerprint density at radius 2 is 2.33 bits per heavy atom. The van der Waals surface area contributed by atoms with Crippen LogP contribution in [0.15, 0.2) is 17.5 Å². The quantitative estimate of drug-likeness (QED) is 0.861. The van der Waals surface area contributed by atoms with Crippen molar-refractivity contribution >= 4 is 29.7 Å². The molecular weight excluding hydrogens is 232 g/mol. The van der Waals surface area contributed by atoms with Crippen molar-refractivity contribution in [3.63, 3.8) is 0 Å². The zero-order valence-corrected chi connectivity index (χ0v) is 10.7. The molecule has 0 aliphatic heterocycles. The van der Waals surface area contributed by atoms with Crippen molar-refractivity contribution in [3.8, 4) is 0 Å². The van der Waals surface area contributed by atoms with Crippen LogP contribution < -0.4 is 5.32 Å². The summed E-state index contributed by atoms with van der Waals surface area (Å²) in [5.41, 5.74) is 0. The van der Waals surface area contributed by atoms with Crippen LogP contribution in [0, 0.1) is 0 Å². The number of carbonyl (C=O) groups excluding carboxylic acids is 1. The van der Waals surface area contributed by atoms with Crippen molar-refractivity contribution in [2.24, 2.45) is 0 Å². The third kappa shape index (κ3) is 4.64. The van der Waals surface area contributed by atoms with Crippen LogP contribution >= 0.6 is 23.7 Å². The largest absolute Gasteiger partial charge is 0.337 e. The third-order valence-electron chi connectivity index (χ3n) is 1.99. The van der Waals surface area contributed by atoms with E-state index < -0.39 is 0 Å². The van der Waals surface area contributed by atoms with Gasteiger partial charge in [0.1, 0.15) is 0 Å². The lowest BCUT2D eigenvalue weighted by atomic mass is 10.4. The van der Waals surface area contributed by atoms with Gasteiger partial charge in [-0.3, -0.25) is 4.79 Å². The second-order valence-corrected chi connectivity index (χ2v) is 4.05. The Bertz CT molecular complexity index is 277. The summed E-state index contributed by atoms with van der Waals surface area (Å²) in [4.78, 5) is 14.7. The molecule has 1 aromatic heterocycles. The molecule has 0 bridgehead atoms. The second-order valence-electron chi connectivity index (χ2n) is 3.02. The van der Waals surface area contributed by atoms with E-state index >= 15 is 0 Å². The Kier molecular flexibility index (Phi) is 7.38. The number of thiophene rings is 1. The zero-order chi connectivity index (χ0) is 10.4. The number of halogens is 1. The number of nitrogens with zero attached hydrogens (tertiary/aromatic N) is 1. The highest BCUT2D eigenvalue weighted by Gasteiger charge is 2.10. The Balaban J connectivity index is 0.00000196. The molecule has 1 rings (SSSR count). The Labute approximate surface area is 101 Å². The molecule has 0 fully saturated rings. The summed E-state index contributed by atoms with van der Waals surface area (Å²) in [5.74, 6) is 0.156. The van der Waals surface area contributed by atoms with Crippen molar-refractivity contribution in [1.82, 2.24) is 10.2 Å². The van der Waals surface area contributed by atoms with Gasteiger partial charge in [0.2, 0.25) is 5.91 Å². The van der Waals surface area contributed by atoms with E-state index in [1.54, 1.807) is 18.4 Å². The summed E-state index contributed by atoms with van der Waals surface area (Å²) in [6.07, 6.45) is 0. The minimum absolute atomic E-state index is 0. The minimum Gasteiger partial charge on any atom is -0.337 e. The van der Waals surface area contributed by atoms with Gasteiger partial charge in [0.15, 0.2) is 0 Å². The lowest BCUT2D eigenvalue weighted by Gasteiger charge is -2.19. The first kappa shape index (κ1) is 14.4. The first-order valence-electron chi connectivity index (χ1n) is 4.72. The normalized spacial score (nSPS) is 9.47. The summed E-state index contributed by atoms with van der Waals surface area (Å²) in [5, 5.41) is 4.91. The molecule has 0 spiro atoms. The number of amides is 1. The maximum absolute atomic E-state index is 11.6. The van der Waals surface area contributed by atoms with Crippen molar-refractivity contribution in [3.05, 3.63) is 22.4 Å². The Morgan fingerprint density at radius 3 is 2.80 bits per heavy atom. The van der Waals surface area contributed by atoms with Gasteiger partial charge in [-0.15, -0.1) is 23.7 Å². The van der Waals surface area contributed by atoms with Gasteiger partial charge in [-0.05, 0) is 25.4 Å². The van der Waals surface area contributed by atoms with E-state index in [1.807, 2.05) is 23.3 Å². The molecule has 5 heteroatoms. The lowest BCUT2D eigenvalue weighted by molar-refractivity contribution is -0.130. The molecule has 86 valence electrons. The van der Waals surface area contributed by atoms with Crippen molar-refractivity contribution in [2.75, 3.05) is 20.1 Å². The number of nitrogens with one attached hydrogen (secondary N) is 1. The maximum atomic E-state index is 11.6. The Hall–Kier alpha value is -0.580. The van der Waals surface area contributed by atoms with E-state index in [-0.39, 0.29) is 18.3 Å². The van der Waals surface area contributed by atoms with E-state index in [9.17, 15) is 4.79 Å². The van der Waals surface area contributed by atoms with E-state index in [4.69, 9.17) is 0 Å². The summed E-state index contributed by atoms with van der Waals surface area (Å²) in [7, 11) is 1.79. The molecule has 0 atom stereocenters. The van der Waals surface area contributed by atoms with Gasteiger partial charge in [-0.2, -0.15) is 0 Å². The highest BCUT2D eigenvalue weighted by Crippen LogP contribution is 2.11. The van der Waals surface area contributed by atoms with Gasteiger partial charge in [-0.1, -0.05) is 6.07 Å². The van der Waals surface area contributed by atoms with Crippen LogP contribution in [-0.4, -0.2) is 30.9 Å². The lowest BCUT2D eigenvalue weighted by Crippen LogP contribution is -2.36. The smallest absolute Gasteiger partial charge is 0.236 e. The molecule has 1 heterocycles. The topological polar surface area (TPSA) is 32.3 Å². The number of hydrogen-bond donors (Lipinski definition) is 1. The van der Waals surface area contributed by atoms with Gasteiger partial charge in [0.25, 0.3) is 0 Å². The van der Waals surface area contributed by atoms with Crippen LogP contribution in [0.3, 0.4) is 0 Å². The average molecular weight is 249 g/mol. The molecule has 15 heavy (non-hydrogen) atoms. The first-order chi connectivity index (χ1) is 6.77. The monoisotopic (exact) mass is 248 g/mol. The standard InChI is InChI=1S/C10H16N2OS.ClH/c1-3-12(10(13)7-11-2)8-9-5-4-6-14-9;/h4-6,11H,3,7-8H2,1-2H3;1H. The van der Waals surface area contributed by atoms with Gasteiger partial charge in [-0.25, -0.2) is 0 Å². The molecule has 0 aromatic carbocycles. The van der Waals surface area contributed by atoms with Crippen LogP contribution in [0.2, 0.25) is 0 Å². The fourth-order valence-electron chi connectivity index (χ4n) is 1.23. The predicted molar refractivity (Wildman–Crippen MR) is 66.6 cm³/mol. The molecule has 0 unspecified atom stereocenters. The van der Waals surface area contributed by atoms with Crippen molar-refractivity contribution < 1.29 is 4.79 Å². The van der Waals surface area contributed by atoms with Crippen molar-refractivity contribution in [1.29, 1.82) is 0 Å². The van der Waals surface area contributed by atoms with Crippen LogP contribution in [0.25, 0.3) is 0 Å². The van der Waals surface area contributed by atoms with Crippen molar-refractivity contribution in [2.45, 2.75) is 13.5 Å². The number of carbonyl (C=O) groups is 1. The summed E-state index contributed by atoms with van der Waals surface area (Å²) >= 11 is 1.69. The molecule has 0 aliphatic rings. The first-order valence-corrected chi connectivity index (χ1v) is 5.60. The van der Waals surface area contributed by atoms with E-state index in [0.717, 1.165) is 13.1 Å².